The molecule has 6 nitrogen and oxygen atoms in total. The summed E-state index contributed by atoms with van der Waals surface area (Å²) in [5.41, 5.74) is 0.312. The molecule has 3 rings (SSSR count). The molecule has 2 aromatic rings. The van der Waals surface area contributed by atoms with E-state index in [9.17, 15) is 9.18 Å². The van der Waals surface area contributed by atoms with E-state index in [4.69, 9.17) is 0 Å². The van der Waals surface area contributed by atoms with Gasteiger partial charge in [-0.25, -0.2) is 14.1 Å². The molecule has 25 heavy (non-hydrogen) atoms. The fraction of sp³-hybridized carbons (Fsp3) is 0.500. The summed E-state index contributed by atoms with van der Waals surface area (Å²) >= 11 is 0. The van der Waals surface area contributed by atoms with Gasteiger partial charge in [0.15, 0.2) is 0 Å². The lowest BCUT2D eigenvalue weighted by Gasteiger charge is -2.30. The first kappa shape index (κ1) is 17.5. The maximum absolute atomic E-state index is 14.2. The van der Waals surface area contributed by atoms with Crippen molar-refractivity contribution in [2.24, 2.45) is 0 Å². The van der Waals surface area contributed by atoms with E-state index in [1.807, 2.05) is 20.9 Å². The number of aromatic nitrogens is 3. The van der Waals surface area contributed by atoms with Gasteiger partial charge >= 0.3 is 0 Å². The van der Waals surface area contributed by atoms with Crippen LogP contribution in [0.25, 0.3) is 5.69 Å². The summed E-state index contributed by atoms with van der Waals surface area (Å²) in [7, 11) is 1.94. The predicted molar refractivity (Wildman–Crippen MR) is 93.4 cm³/mol. The maximum Gasteiger partial charge on any atom is 0.293 e. The number of hydrogen-bond donors (Lipinski definition) is 1. The third-order valence-electron chi connectivity index (χ3n) is 4.61. The van der Waals surface area contributed by atoms with Gasteiger partial charge < -0.3 is 10.2 Å². The largest absolute Gasteiger partial charge is 0.336 e. The summed E-state index contributed by atoms with van der Waals surface area (Å²) in [6, 6.07) is 6.84. The highest BCUT2D eigenvalue weighted by atomic mass is 19.1. The van der Waals surface area contributed by atoms with Crippen LogP contribution in [0.5, 0.6) is 0 Å². The molecule has 7 heteroatoms. The lowest BCUT2D eigenvalue weighted by molar-refractivity contribution is 0.0695. The molecule has 1 aromatic carbocycles. The van der Waals surface area contributed by atoms with Crippen LogP contribution in [0.3, 0.4) is 0 Å². The first-order valence-corrected chi connectivity index (χ1v) is 8.69. The standard InChI is InChI=1S/C18H24FN5O/c1-12(2)17-21-16(18(25)23-10-8-13(20-3)9-11-23)22-24(17)15-7-5-4-6-14(15)19/h4-7,12-13,20H,8-11H2,1-3H3. The minimum atomic E-state index is -0.386. The number of nitrogens with one attached hydrogen (secondary N) is 1. The Morgan fingerprint density at radius 2 is 1.96 bits per heavy atom. The number of piperidine rings is 1. The third kappa shape index (κ3) is 3.56. The summed E-state index contributed by atoms with van der Waals surface area (Å²) in [5.74, 6) is 0.159. The molecule has 1 saturated heterocycles. The Balaban J connectivity index is 1.89. The van der Waals surface area contributed by atoms with Gasteiger partial charge in [0.05, 0.1) is 0 Å². The zero-order chi connectivity index (χ0) is 18.0. The van der Waals surface area contributed by atoms with Crippen molar-refractivity contribution in [3.05, 3.63) is 41.7 Å². The van der Waals surface area contributed by atoms with Gasteiger partial charge in [0.2, 0.25) is 5.82 Å². The Labute approximate surface area is 147 Å². The van der Waals surface area contributed by atoms with E-state index in [1.165, 1.54) is 10.7 Å². The van der Waals surface area contributed by atoms with E-state index in [1.54, 1.807) is 23.1 Å². The monoisotopic (exact) mass is 345 g/mol. The Hall–Kier alpha value is -2.28. The predicted octanol–water partition coefficient (Wildman–Crippen LogP) is 2.35. The van der Waals surface area contributed by atoms with Gasteiger partial charge in [-0.15, -0.1) is 5.10 Å². The molecule has 134 valence electrons. The van der Waals surface area contributed by atoms with E-state index in [0.29, 0.717) is 30.6 Å². The van der Waals surface area contributed by atoms with E-state index in [-0.39, 0.29) is 23.5 Å². The van der Waals surface area contributed by atoms with Crippen molar-refractivity contribution in [3.63, 3.8) is 0 Å². The number of amides is 1. The Bertz CT molecular complexity index is 750. The summed E-state index contributed by atoms with van der Waals surface area (Å²) in [6.07, 6.45) is 1.82. The third-order valence-corrected chi connectivity index (χ3v) is 4.61. The first-order valence-electron chi connectivity index (χ1n) is 8.69. The van der Waals surface area contributed by atoms with Crippen molar-refractivity contribution < 1.29 is 9.18 Å². The molecule has 0 saturated carbocycles. The number of para-hydroxylation sites is 1. The number of halogens is 1. The molecule has 2 heterocycles. The van der Waals surface area contributed by atoms with Gasteiger partial charge in [-0.3, -0.25) is 4.79 Å². The van der Waals surface area contributed by atoms with Gasteiger partial charge in [-0.1, -0.05) is 26.0 Å². The van der Waals surface area contributed by atoms with Crippen molar-refractivity contribution in [1.82, 2.24) is 25.0 Å². The van der Waals surface area contributed by atoms with Crippen LogP contribution in [0.1, 0.15) is 49.1 Å². The number of carbonyl (C=O) groups is 1. The lowest BCUT2D eigenvalue weighted by atomic mass is 10.1. The second-order valence-electron chi connectivity index (χ2n) is 6.67. The van der Waals surface area contributed by atoms with Crippen molar-refractivity contribution >= 4 is 5.91 Å². The van der Waals surface area contributed by atoms with E-state index < -0.39 is 0 Å². The number of nitrogens with zero attached hydrogens (tertiary/aromatic N) is 4. The van der Waals surface area contributed by atoms with Gasteiger partial charge in [-0.05, 0) is 32.0 Å². The Morgan fingerprint density at radius 3 is 2.56 bits per heavy atom. The molecule has 0 atom stereocenters. The van der Waals surface area contributed by atoms with E-state index >= 15 is 0 Å². The molecular weight excluding hydrogens is 321 g/mol. The average molecular weight is 345 g/mol. The van der Waals surface area contributed by atoms with E-state index in [2.05, 4.69) is 15.4 Å². The second kappa shape index (κ2) is 7.31. The summed E-state index contributed by atoms with van der Waals surface area (Å²) in [4.78, 5) is 19.0. The van der Waals surface area contributed by atoms with Gasteiger partial charge in [0.1, 0.15) is 17.3 Å². The minimum Gasteiger partial charge on any atom is -0.336 e. The molecule has 0 radical (unpaired) electrons. The quantitative estimate of drug-likeness (QED) is 0.924. The van der Waals surface area contributed by atoms with E-state index in [0.717, 1.165) is 12.8 Å². The maximum atomic E-state index is 14.2. The van der Waals surface area contributed by atoms with Crippen LogP contribution < -0.4 is 5.32 Å². The van der Waals surface area contributed by atoms with Crippen molar-refractivity contribution in [2.75, 3.05) is 20.1 Å². The summed E-state index contributed by atoms with van der Waals surface area (Å²) in [6.45, 7) is 5.26. The second-order valence-corrected chi connectivity index (χ2v) is 6.67. The highest BCUT2D eigenvalue weighted by molar-refractivity contribution is 5.90. The molecule has 1 N–H and O–H groups in total. The average Bonchev–Trinajstić information content (AvgIpc) is 3.07. The zero-order valence-corrected chi connectivity index (χ0v) is 14.9. The SMILES string of the molecule is CNC1CCN(C(=O)c2nc(C(C)C)n(-c3ccccc3F)n2)CC1. The molecule has 1 aliphatic heterocycles. The van der Waals surface area contributed by atoms with Gasteiger partial charge in [-0.2, -0.15) is 0 Å². The highest BCUT2D eigenvalue weighted by Crippen LogP contribution is 2.21. The lowest BCUT2D eigenvalue weighted by Crippen LogP contribution is -2.44. The molecule has 1 aliphatic rings. The molecular formula is C18H24FN5O. The number of hydrogen-bond acceptors (Lipinski definition) is 4. The number of benzene rings is 1. The Morgan fingerprint density at radius 1 is 1.28 bits per heavy atom. The topological polar surface area (TPSA) is 63.1 Å². The Kier molecular flexibility index (Phi) is 5.13. The van der Waals surface area contributed by atoms with Crippen LogP contribution in [-0.2, 0) is 0 Å². The van der Waals surface area contributed by atoms with Crippen LogP contribution in [0, 0.1) is 5.82 Å². The number of likely N-dealkylation sites (tertiary alicyclic amines) is 1. The molecule has 0 bridgehead atoms. The van der Waals surface area contributed by atoms with Crippen LogP contribution in [0.4, 0.5) is 4.39 Å². The summed E-state index contributed by atoms with van der Waals surface area (Å²) in [5, 5.41) is 7.58. The molecule has 1 fully saturated rings. The molecule has 0 aliphatic carbocycles. The molecule has 1 aromatic heterocycles. The van der Waals surface area contributed by atoms with Gasteiger partial charge in [0, 0.05) is 25.0 Å². The van der Waals surface area contributed by atoms with Crippen LogP contribution in [0.15, 0.2) is 24.3 Å². The summed E-state index contributed by atoms with van der Waals surface area (Å²) < 4.78 is 15.6. The smallest absolute Gasteiger partial charge is 0.293 e. The van der Waals surface area contributed by atoms with Crippen LogP contribution in [0.2, 0.25) is 0 Å². The highest BCUT2D eigenvalue weighted by Gasteiger charge is 2.27. The first-order chi connectivity index (χ1) is 12.0. The van der Waals surface area contributed by atoms with Crippen molar-refractivity contribution in [3.8, 4) is 5.69 Å². The van der Waals surface area contributed by atoms with Crippen LogP contribution >= 0.6 is 0 Å². The van der Waals surface area contributed by atoms with Crippen molar-refractivity contribution in [1.29, 1.82) is 0 Å². The van der Waals surface area contributed by atoms with Crippen LogP contribution in [-0.4, -0.2) is 51.8 Å². The molecule has 0 unspecified atom stereocenters. The van der Waals surface area contributed by atoms with Gasteiger partial charge in [0.25, 0.3) is 5.91 Å². The van der Waals surface area contributed by atoms with Crippen molar-refractivity contribution in [2.45, 2.75) is 38.6 Å². The molecule has 1 amide bonds. The number of rotatable bonds is 4. The fourth-order valence-electron chi connectivity index (χ4n) is 3.10. The zero-order valence-electron chi connectivity index (χ0n) is 14.9. The minimum absolute atomic E-state index is 0.0173. The molecule has 0 spiro atoms. The fourth-order valence-corrected chi connectivity index (χ4v) is 3.10. The normalized spacial score (nSPS) is 15.8. The number of carbonyl (C=O) groups excluding carboxylic acids is 1.